The van der Waals surface area contributed by atoms with Crippen molar-refractivity contribution in [2.75, 3.05) is 17.3 Å². The van der Waals surface area contributed by atoms with Crippen LogP contribution < -0.4 is 16.2 Å². The molecule has 3 N–H and O–H groups in total. The minimum Gasteiger partial charge on any atom is -0.462 e. The molecule has 0 saturated heterocycles. The van der Waals surface area contributed by atoms with Crippen molar-refractivity contribution in [1.82, 2.24) is 15.4 Å². The molecule has 0 fully saturated rings. The Morgan fingerprint density at radius 1 is 1.09 bits per heavy atom. The quantitative estimate of drug-likeness (QED) is 0.262. The van der Waals surface area contributed by atoms with Gasteiger partial charge < -0.3 is 10.1 Å². The van der Waals surface area contributed by atoms with Crippen LogP contribution in [0.15, 0.2) is 54.9 Å². The van der Waals surface area contributed by atoms with Gasteiger partial charge in [-0.05, 0) is 49.4 Å². The van der Waals surface area contributed by atoms with Gasteiger partial charge in [0.05, 0.1) is 17.1 Å². The average Bonchev–Trinajstić information content (AvgIpc) is 2.78. The first-order chi connectivity index (χ1) is 15.4. The summed E-state index contributed by atoms with van der Waals surface area (Å²) in [5.74, 6) is -1.46. The fraction of sp³-hybridized carbons (Fsp3) is 0.100. The summed E-state index contributed by atoms with van der Waals surface area (Å²) in [7, 11) is 0. The summed E-state index contributed by atoms with van der Waals surface area (Å²) < 4.78 is 4.95. The van der Waals surface area contributed by atoms with Gasteiger partial charge in [-0.3, -0.25) is 25.8 Å². The number of esters is 1. The van der Waals surface area contributed by atoms with Gasteiger partial charge in [0.25, 0.3) is 5.91 Å². The van der Waals surface area contributed by atoms with Crippen LogP contribution in [0, 0.1) is 10.1 Å². The average molecular weight is 457 g/mol. The Morgan fingerprint density at radius 3 is 2.50 bits per heavy atom. The molecule has 0 spiro atoms. The van der Waals surface area contributed by atoms with E-state index in [0.717, 1.165) is 6.33 Å². The van der Waals surface area contributed by atoms with Crippen LogP contribution in [0.4, 0.5) is 23.0 Å². The van der Waals surface area contributed by atoms with Gasteiger partial charge in [-0.15, -0.1) is 0 Å². The summed E-state index contributed by atoms with van der Waals surface area (Å²) in [6, 6.07) is 12.3. The lowest BCUT2D eigenvalue weighted by atomic mass is 10.2. The summed E-state index contributed by atoms with van der Waals surface area (Å²) in [5, 5.41) is 14.9. The maximum Gasteiger partial charge on any atom is 0.355 e. The minimum absolute atomic E-state index is 0.144. The van der Waals surface area contributed by atoms with Crippen LogP contribution in [0.3, 0.4) is 0 Å². The zero-order valence-corrected chi connectivity index (χ0v) is 17.4. The molecule has 11 nitrogen and oxygen atoms in total. The molecule has 1 heterocycles. The molecule has 12 heteroatoms. The van der Waals surface area contributed by atoms with E-state index in [1.165, 1.54) is 30.3 Å². The highest BCUT2D eigenvalue weighted by molar-refractivity contribution is 6.30. The maximum absolute atomic E-state index is 12.3. The molecule has 0 aliphatic carbocycles. The standard InChI is InChI=1S/C20H17ClN6O5/c1-2-32-20(29)13-4-3-5-15(10-13)24-17-16(27(30)31)18(23-11-22-17)25-26-19(28)12-6-8-14(21)9-7-12/h3-11H,2H2,1H3,(H,26,28)(H2,22,23,24,25). The number of aromatic nitrogens is 2. The summed E-state index contributed by atoms with van der Waals surface area (Å²) in [6.45, 7) is 1.90. The number of carbonyl (C=O) groups is 2. The number of hydrogen-bond acceptors (Lipinski definition) is 9. The van der Waals surface area contributed by atoms with Gasteiger partial charge in [0.2, 0.25) is 11.6 Å². The minimum atomic E-state index is -0.700. The third kappa shape index (κ3) is 5.46. The number of nitrogens with zero attached hydrogens (tertiary/aromatic N) is 3. The monoisotopic (exact) mass is 456 g/mol. The highest BCUT2D eigenvalue weighted by atomic mass is 35.5. The highest BCUT2D eigenvalue weighted by Gasteiger charge is 2.24. The predicted molar refractivity (Wildman–Crippen MR) is 117 cm³/mol. The lowest BCUT2D eigenvalue weighted by Gasteiger charge is -2.11. The Kier molecular flexibility index (Phi) is 7.13. The van der Waals surface area contributed by atoms with Crippen molar-refractivity contribution in [2.45, 2.75) is 6.92 Å². The van der Waals surface area contributed by atoms with E-state index >= 15 is 0 Å². The van der Waals surface area contributed by atoms with E-state index in [9.17, 15) is 19.7 Å². The number of halogens is 1. The van der Waals surface area contributed by atoms with Gasteiger partial charge in [-0.1, -0.05) is 17.7 Å². The van der Waals surface area contributed by atoms with Crippen LogP contribution in [0.25, 0.3) is 0 Å². The fourth-order valence-electron chi connectivity index (χ4n) is 2.60. The maximum atomic E-state index is 12.3. The number of amides is 1. The van der Waals surface area contributed by atoms with Crippen LogP contribution in [0.2, 0.25) is 5.02 Å². The van der Waals surface area contributed by atoms with E-state index in [0.29, 0.717) is 10.7 Å². The molecular weight excluding hydrogens is 440 g/mol. The van der Waals surface area contributed by atoms with Crippen LogP contribution in [0.5, 0.6) is 0 Å². The third-order valence-electron chi connectivity index (χ3n) is 4.04. The van der Waals surface area contributed by atoms with Crippen LogP contribution in [-0.4, -0.2) is 33.4 Å². The zero-order chi connectivity index (χ0) is 23.1. The Morgan fingerprint density at radius 2 is 1.81 bits per heavy atom. The molecule has 3 aromatic rings. The molecule has 32 heavy (non-hydrogen) atoms. The van der Waals surface area contributed by atoms with Gasteiger partial charge in [0.15, 0.2) is 0 Å². The Bertz CT molecular complexity index is 1160. The molecule has 2 aromatic carbocycles. The molecule has 1 aromatic heterocycles. The first-order valence-corrected chi connectivity index (χ1v) is 9.62. The molecule has 1 amide bonds. The molecule has 0 atom stereocenters. The second-order valence-corrected chi connectivity index (χ2v) is 6.63. The van der Waals surface area contributed by atoms with E-state index in [1.54, 1.807) is 25.1 Å². The fourth-order valence-corrected chi connectivity index (χ4v) is 2.73. The lowest BCUT2D eigenvalue weighted by Crippen LogP contribution is -2.30. The predicted octanol–water partition coefficient (Wildman–Crippen LogP) is 3.72. The van der Waals surface area contributed by atoms with Crippen molar-refractivity contribution in [2.24, 2.45) is 0 Å². The summed E-state index contributed by atoms with van der Waals surface area (Å²) in [6.07, 6.45) is 1.08. The first kappa shape index (κ1) is 22.4. The Labute approximate surface area is 186 Å². The smallest absolute Gasteiger partial charge is 0.355 e. The Balaban J connectivity index is 1.81. The molecular formula is C20H17ClN6O5. The van der Waals surface area contributed by atoms with Gasteiger partial charge in [-0.25, -0.2) is 14.8 Å². The molecule has 164 valence electrons. The summed E-state index contributed by atoms with van der Waals surface area (Å²) in [5.41, 5.74) is 5.19. The first-order valence-electron chi connectivity index (χ1n) is 9.24. The van der Waals surface area contributed by atoms with E-state index in [-0.39, 0.29) is 29.4 Å². The van der Waals surface area contributed by atoms with E-state index in [1.807, 2.05) is 0 Å². The van der Waals surface area contributed by atoms with E-state index in [4.69, 9.17) is 16.3 Å². The molecule has 0 aliphatic heterocycles. The number of carbonyl (C=O) groups excluding carboxylic acids is 2. The van der Waals surface area contributed by atoms with E-state index in [2.05, 4.69) is 26.1 Å². The van der Waals surface area contributed by atoms with Crippen molar-refractivity contribution in [1.29, 1.82) is 0 Å². The number of anilines is 3. The number of rotatable bonds is 8. The molecule has 0 bridgehead atoms. The van der Waals surface area contributed by atoms with Gasteiger partial charge in [-0.2, -0.15) is 0 Å². The lowest BCUT2D eigenvalue weighted by molar-refractivity contribution is -0.383. The van der Waals surface area contributed by atoms with Crippen molar-refractivity contribution < 1.29 is 19.2 Å². The normalized spacial score (nSPS) is 10.2. The Hall–Kier alpha value is -4.25. The molecule has 0 aliphatic rings. The zero-order valence-electron chi connectivity index (χ0n) is 16.7. The van der Waals surface area contributed by atoms with Gasteiger partial charge in [0, 0.05) is 16.3 Å². The highest BCUT2D eigenvalue weighted by Crippen LogP contribution is 2.31. The topological polar surface area (TPSA) is 148 Å². The number of ether oxygens (including phenoxy) is 1. The molecule has 0 radical (unpaired) electrons. The number of hydrogen-bond donors (Lipinski definition) is 3. The van der Waals surface area contributed by atoms with Crippen LogP contribution >= 0.6 is 11.6 Å². The SMILES string of the molecule is CCOC(=O)c1cccc(Nc2ncnc(NNC(=O)c3ccc(Cl)cc3)c2[N+](=O)[O-])c1. The second kappa shape index (κ2) is 10.2. The van der Waals surface area contributed by atoms with Crippen molar-refractivity contribution >= 4 is 46.5 Å². The summed E-state index contributed by atoms with van der Waals surface area (Å²) in [4.78, 5) is 42.9. The second-order valence-electron chi connectivity index (χ2n) is 6.19. The molecule has 0 saturated carbocycles. The molecule has 3 rings (SSSR count). The van der Waals surface area contributed by atoms with Crippen LogP contribution in [0.1, 0.15) is 27.6 Å². The summed E-state index contributed by atoms with van der Waals surface area (Å²) >= 11 is 5.80. The van der Waals surface area contributed by atoms with Crippen LogP contribution in [-0.2, 0) is 4.74 Å². The number of hydrazine groups is 1. The number of benzene rings is 2. The van der Waals surface area contributed by atoms with Gasteiger partial charge in [0.1, 0.15) is 6.33 Å². The largest absolute Gasteiger partial charge is 0.462 e. The van der Waals surface area contributed by atoms with Crippen molar-refractivity contribution in [3.63, 3.8) is 0 Å². The third-order valence-corrected chi connectivity index (χ3v) is 4.29. The molecule has 0 unspecified atom stereocenters. The van der Waals surface area contributed by atoms with Crippen molar-refractivity contribution in [3.8, 4) is 0 Å². The number of nitrogens with one attached hydrogen (secondary N) is 3. The number of nitro groups is 1. The van der Waals surface area contributed by atoms with E-state index < -0.39 is 22.5 Å². The van der Waals surface area contributed by atoms with Crippen molar-refractivity contribution in [3.05, 3.63) is 81.1 Å². The van der Waals surface area contributed by atoms with Gasteiger partial charge >= 0.3 is 11.7 Å².